The third-order valence-electron chi connectivity index (χ3n) is 4.32. The average molecular weight is 349 g/mol. The van der Waals surface area contributed by atoms with E-state index in [1.807, 2.05) is 33.2 Å². The zero-order valence-electron chi connectivity index (χ0n) is 15.6. The largest absolute Gasteiger partial charge is 0.467 e. The van der Waals surface area contributed by atoms with Crippen molar-refractivity contribution < 1.29 is 9.21 Å². The predicted octanol–water partition coefficient (Wildman–Crippen LogP) is 1.28. The molecule has 7 nitrogen and oxygen atoms in total. The van der Waals surface area contributed by atoms with Crippen LogP contribution in [0.1, 0.15) is 31.9 Å². The predicted molar refractivity (Wildman–Crippen MR) is 99.4 cm³/mol. The molecular weight excluding hydrogens is 318 g/mol. The monoisotopic (exact) mass is 349 g/mol. The number of aliphatic imine (C=N–C) groups is 1. The van der Waals surface area contributed by atoms with E-state index >= 15 is 0 Å². The zero-order valence-corrected chi connectivity index (χ0v) is 15.6. The molecule has 0 saturated carbocycles. The van der Waals surface area contributed by atoms with Crippen molar-refractivity contribution in [2.24, 2.45) is 4.99 Å². The van der Waals surface area contributed by atoms with Crippen LogP contribution in [0.25, 0.3) is 0 Å². The number of likely N-dealkylation sites (N-methyl/N-ethyl adjacent to an activating group) is 1. The fourth-order valence-electron chi connectivity index (χ4n) is 3.06. The lowest BCUT2D eigenvalue weighted by Crippen LogP contribution is -2.44. The van der Waals surface area contributed by atoms with Gasteiger partial charge in [-0.25, -0.2) is 4.99 Å². The highest BCUT2D eigenvalue weighted by Crippen LogP contribution is 2.18. The van der Waals surface area contributed by atoms with Gasteiger partial charge in [0, 0.05) is 33.7 Å². The summed E-state index contributed by atoms with van der Waals surface area (Å²) in [7, 11) is 3.66. The van der Waals surface area contributed by atoms with E-state index in [-0.39, 0.29) is 11.9 Å². The van der Waals surface area contributed by atoms with E-state index in [0.717, 1.165) is 57.2 Å². The summed E-state index contributed by atoms with van der Waals surface area (Å²) in [5.74, 6) is 1.86. The minimum atomic E-state index is 0.0517. The highest BCUT2D eigenvalue weighted by molar-refractivity contribution is 5.81. The molecule has 0 bridgehead atoms. The molecule has 7 heteroatoms. The number of carbonyl (C=O) groups is 1. The summed E-state index contributed by atoms with van der Waals surface area (Å²) in [6.07, 6.45) is 4.71. The third-order valence-corrected chi connectivity index (χ3v) is 4.32. The Kier molecular flexibility index (Phi) is 7.78. The number of hydrogen-bond acceptors (Lipinski definition) is 4. The molecule has 1 saturated heterocycles. The van der Waals surface area contributed by atoms with Crippen molar-refractivity contribution in [3.8, 4) is 0 Å². The van der Waals surface area contributed by atoms with Gasteiger partial charge >= 0.3 is 0 Å². The minimum Gasteiger partial charge on any atom is -0.467 e. The first-order valence-corrected chi connectivity index (χ1v) is 9.11. The molecule has 1 aromatic heterocycles. The molecule has 2 N–H and O–H groups in total. The number of carbonyl (C=O) groups excluding carboxylic acids is 1. The van der Waals surface area contributed by atoms with Gasteiger partial charge in [0.2, 0.25) is 5.91 Å². The molecule has 1 unspecified atom stereocenters. The van der Waals surface area contributed by atoms with E-state index in [2.05, 4.69) is 20.5 Å². The van der Waals surface area contributed by atoms with Gasteiger partial charge in [0.1, 0.15) is 12.3 Å². The maximum atomic E-state index is 12.2. The van der Waals surface area contributed by atoms with Gasteiger partial charge in [0.25, 0.3) is 0 Å². The van der Waals surface area contributed by atoms with Gasteiger partial charge in [0.05, 0.1) is 12.3 Å². The summed E-state index contributed by atoms with van der Waals surface area (Å²) in [4.78, 5) is 20.7. The van der Waals surface area contributed by atoms with Crippen LogP contribution < -0.4 is 10.6 Å². The molecular formula is C18H31N5O2. The number of guanidine groups is 1. The standard InChI is InChI=1S/C18H31N5O2/c1-4-19-18(21-14-15-8-6-13-25-15)20-10-7-12-23-11-5-9-16(23)17(24)22(2)3/h6,8,13,16H,4-5,7,9-12,14H2,1-3H3,(H2,19,20,21). The molecule has 2 rings (SSSR count). The summed E-state index contributed by atoms with van der Waals surface area (Å²) in [6.45, 7) is 6.14. The van der Waals surface area contributed by atoms with Gasteiger partial charge < -0.3 is 20.0 Å². The molecule has 0 radical (unpaired) electrons. The smallest absolute Gasteiger partial charge is 0.239 e. The molecule has 1 atom stereocenters. The van der Waals surface area contributed by atoms with Crippen LogP contribution in [0.5, 0.6) is 0 Å². The summed E-state index contributed by atoms with van der Waals surface area (Å²) in [6, 6.07) is 3.84. The molecule has 0 aromatic carbocycles. The van der Waals surface area contributed by atoms with Crippen LogP contribution in [0.2, 0.25) is 0 Å². The van der Waals surface area contributed by atoms with E-state index in [4.69, 9.17) is 4.42 Å². The quantitative estimate of drug-likeness (QED) is 0.420. The number of furan rings is 1. The second-order valence-electron chi connectivity index (χ2n) is 6.48. The van der Waals surface area contributed by atoms with Gasteiger partial charge in [-0.05, 0) is 44.9 Å². The van der Waals surface area contributed by atoms with Crippen LogP contribution in [-0.2, 0) is 11.3 Å². The van der Waals surface area contributed by atoms with E-state index in [1.54, 1.807) is 11.2 Å². The van der Waals surface area contributed by atoms with Crippen molar-refractivity contribution in [3.05, 3.63) is 24.2 Å². The van der Waals surface area contributed by atoms with Crippen LogP contribution in [0.4, 0.5) is 0 Å². The molecule has 25 heavy (non-hydrogen) atoms. The van der Waals surface area contributed by atoms with Crippen LogP contribution in [-0.4, -0.2) is 68.0 Å². The highest BCUT2D eigenvalue weighted by Gasteiger charge is 2.30. The normalized spacial score (nSPS) is 18.4. The zero-order chi connectivity index (χ0) is 18.1. The minimum absolute atomic E-state index is 0.0517. The molecule has 0 aliphatic carbocycles. The Morgan fingerprint density at radius 1 is 1.44 bits per heavy atom. The number of hydrogen-bond donors (Lipinski definition) is 2. The second-order valence-corrected chi connectivity index (χ2v) is 6.48. The topological polar surface area (TPSA) is 73.1 Å². The van der Waals surface area contributed by atoms with Gasteiger partial charge in [-0.3, -0.25) is 9.69 Å². The van der Waals surface area contributed by atoms with Crippen molar-refractivity contribution in [2.75, 3.05) is 40.3 Å². The Hall–Kier alpha value is -2.02. The van der Waals surface area contributed by atoms with Crippen molar-refractivity contribution in [2.45, 2.75) is 38.8 Å². The number of nitrogens with one attached hydrogen (secondary N) is 2. The first-order chi connectivity index (χ1) is 12.1. The molecule has 1 aromatic rings. The molecule has 1 amide bonds. The fraction of sp³-hybridized carbons (Fsp3) is 0.667. The number of rotatable bonds is 8. The fourth-order valence-corrected chi connectivity index (χ4v) is 3.06. The first-order valence-electron chi connectivity index (χ1n) is 9.11. The lowest BCUT2D eigenvalue weighted by molar-refractivity contribution is -0.133. The lowest BCUT2D eigenvalue weighted by Gasteiger charge is -2.26. The summed E-state index contributed by atoms with van der Waals surface area (Å²) < 4.78 is 5.30. The third kappa shape index (κ3) is 6.08. The van der Waals surface area contributed by atoms with Crippen molar-refractivity contribution >= 4 is 11.9 Å². The number of amides is 1. The number of nitrogens with zero attached hydrogens (tertiary/aromatic N) is 3. The van der Waals surface area contributed by atoms with Crippen LogP contribution in [0.3, 0.4) is 0 Å². The highest BCUT2D eigenvalue weighted by atomic mass is 16.3. The van der Waals surface area contributed by atoms with Gasteiger partial charge in [-0.2, -0.15) is 0 Å². The van der Waals surface area contributed by atoms with Crippen molar-refractivity contribution in [3.63, 3.8) is 0 Å². The molecule has 2 heterocycles. The van der Waals surface area contributed by atoms with E-state index in [0.29, 0.717) is 6.54 Å². The maximum Gasteiger partial charge on any atom is 0.239 e. The molecule has 140 valence electrons. The van der Waals surface area contributed by atoms with Crippen LogP contribution in [0, 0.1) is 0 Å². The lowest BCUT2D eigenvalue weighted by atomic mass is 10.2. The Morgan fingerprint density at radius 2 is 2.28 bits per heavy atom. The Labute approximate surface area is 150 Å². The summed E-state index contributed by atoms with van der Waals surface area (Å²) in [5.41, 5.74) is 0. The Morgan fingerprint density at radius 3 is 2.96 bits per heavy atom. The molecule has 1 fully saturated rings. The molecule has 0 spiro atoms. The molecule has 1 aliphatic rings. The molecule has 1 aliphatic heterocycles. The Balaban J connectivity index is 1.74. The average Bonchev–Trinajstić information content (AvgIpc) is 3.27. The van der Waals surface area contributed by atoms with E-state index in [9.17, 15) is 4.79 Å². The van der Waals surface area contributed by atoms with E-state index in [1.165, 1.54) is 0 Å². The van der Waals surface area contributed by atoms with Crippen LogP contribution in [0.15, 0.2) is 27.8 Å². The van der Waals surface area contributed by atoms with Crippen molar-refractivity contribution in [1.29, 1.82) is 0 Å². The van der Waals surface area contributed by atoms with Crippen LogP contribution >= 0.6 is 0 Å². The van der Waals surface area contributed by atoms with Gasteiger partial charge in [0.15, 0.2) is 5.96 Å². The number of likely N-dealkylation sites (tertiary alicyclic amines) is 1. The summed E-state index contributed by atoms with van der Waals surface area (Å²) >= 11 is 0. The summed E-state index contributed by atoms with van der Waals surface area (Å²) in [5, 5.41) is 6.59. The van der Waals surface area contributed by atoms with Gasteiger partial charge in [-0.15, -0.1) is 0 Å². The van der Waals surface area contributed by atoms with Crippen molar-refractivity contribution in [1.82, 2.24) is 20.4 Å². The first kappa shape index (κ1) is 19.3. The second kappa shape index (κ2) is 10.1. The Bertz CT molecular complexity index is 542. The maximum absolute atomic E-state index is 12.2. The SMILES string of the molecule is CCNC(=NCc1ccco1)NCCCN1CCCC1C(=O)N(C)C. The van der Waals surface area contributed by atoms with E-state index < -0.39 is 0 Å². The van der Waals surface area contributed by atoms with Gasteiger partial charge in [-0.1, -0.05) is 0 Å².